The van der Waals surface area contributed by atoms with Gasteiger partial charge in [-0.15, -0.1) is 5.10 Å². The van der Waals surface area contributed by atoms with Gasteiger partial charge in [0, 0.05) is 0 Å². The van der Waals surface area contributed by atoms with Crippen LogP contribution in [0.25, 0.3) is 0 Å². The largest absolute Gasteiger partial charge is 0.271 e. The first kappa shape index (κ1) is 14.5. The Kier molecular flexibility index (Phi) is 6.62. The molecule has 1 rings (SSSR count). The molecule has 1 atom stereocenters. The molecule has 0 aliphatic carbocycles. The van der Waals surface area contributed by atoms with Crippen molar-refractivity contribution in [2.24, 2.45) is 5.84 Å². The zero-order valence-corrected chi connectivity index (χ0v) is 11.9. The maximum absolute atomic E-state index is 5.65. The minimum Gasteiger partial charge on any atom is -0.271 e. The Bertz CT molecular complexity index is 311. The lowest BCUT2D eigenvalue weighted by molar-refractivity contribution is 0.483. The summed E-state index contributed by atoms with van der Waals surface area (Å²) in [6.07, 6.45) is 6.12. The minimum absolute atomic E-state index is 0.212. The normalized spacial score (nSPS) is 13.2. The van der Waals surface area contributed by atoms with E-state index in [0.29, 0.717) is 5.92 Å². The van der Waals surface area contributed by atoms with E-state index in [1.165, 1.54) is 42.1 Å². The molecule has 1 aromatic rings. The van der Waals surface area contributed by atoms with Crippen LogP contribution in [0.2, 0.25) is 0 Å². The summed E-state index contributed by atoms with van der Waals surface area (Å²) in [5.41, 5.74) is 4.00. The second-order valence-corrected chi connectivity index (χ2v) is 5.53. The van der Waals surface area contributed by atoms with Crippen LogP contribution in [0.4, 0.5) is 0 Å². The van der Waals surface area contributed by atoms with Crippen LogP contribution >= 0.6 is 11.5 Å². The van der Waals surface area contributed by atoms with Crippen molar-refractivity contribution in [3.8, 4) is 0 Å². The van der Waals surface area contributed by atoms with Crippen LogP contribution in [0.3, 0.4) is 0 Å². The molecule has 0 aliphatic rings. The van der Waals surface area contributed by atoms with Crippen molar-refractivity contribution in [1.82, 2.24) is 15.0 Å². The molecule has 5 heteroatoms. The summed E-state index contributed by atoms with van der Waals surface area (Å²) in [5.74, 6) is 6.06. The summed E-state index contributed by atoms with van der Waals surface area (Å²) in [5, 5.41) is 4.20. The van der Waals surface area contributed by atoms with Gasteiger partial charge in [0.15, 0.2) is 0 Å². The molecule has 1 heterocycles. The lowest BCUT2D eigenvalue weighted by Gasteiger charge is -2.15. The maximum Gasteiger partial charge on any atom is 0.0829 e. The first-order valence-electron chi connectivity index (χ1n) is 6.49. The molecule has 98 valence electrons. The number of nitrogens with two attached hydrogens (primary N) is 1. The smallest absolute Gasteiger partial charge is 0.0829 e. The topological polar surface area (TPSA) is 63.8 Å². The zero-order valence-electron chi connectivity index (χ0n) is 11.1. The van der Waals surface area contributed by atoms with Gasteiger partial charge in [-0.3, -0.25) is 11.3 Å². The molecule has 3 N–H and O–H groups in total. The van der Waals surface area contributed by atoms with Crippen molar-refractivity contribution in [2.45, 2.75) is 64.8 Å². The third-order valence-electron chi connectivity index (χ3n) is 2.95. The summed E-state index contributed by atoms with van der Waals surface area (Å²) in [7, 11) is 0. The molecule has 0 saturated heterocycles. The van der Waals surface area contributed by atoms with Crippen LogP contribution in [-0.2, 0) is 0 Å². The number of aromatic nitrogens is 2. The van der Waals surface area contributed by atoms with Crippen LogP contribution in [-0.4, -0.2) is 9.59 Å². The molecule has 17 heavy (non-hydrogen) atoms. The fourth-order valence-electron chi connectivity index (χ4n) is 1.91. The molecule has 0 saturated carbocycles. The third kappa shape index (κ3) is 4.33. The van der Waals surface area contributed by atoms with Crippen molar-refractivity contribution in [1.29, 1.82) is 0 Å². The van der Waals surface area contributed by atoms with E-state index in [4.69, 9.17) is 5.84 Å². The summed E-state index contributed by atoms with van der Waals surface area (Å²) in [6.45, 7) is 6.51. The second kappa shape index (κ2) is 7.74. The number of hydrazine groups is 1. The predicted octanol–water partition coefficient (Wildman–Crippen LogP) is 3.14. The molecular formula is C12H24N4S. The van der Waals surface area contributed by atoms with Crippen LogP contribution in [0.1, 0.15) is 75.4 Å². The fraction of sp³-hybridized carbons (Fsp3) is 0.833. The first-order valence-corrected chi connectivity index (χ1v) is 7.26. The van der Waals surface area contributed by atoms with E-state index in [-0.39, 0.29) is 6.04 Å². The Morgan fingerprint density at radius 2 is 2.06 bits per heavy atom. The number of nitrogens with zero attached hydrogens (tertiary/aromatic N) is 2. The number of hydrogen-bond donors (Lipinski definition) is 2. The lowest BCUT2D eigenvalue weighted by Crippen LogP contribution is -2.28. The van der Waals surface area contributed by atoms with Crippen molar-refractivity contribution in [2.75, 3.05) is 0 Å². The monoisotopic (exact) mass is 256 g/mol. The van der Waals surface area contributed by atoms with E-state index in [0.717, 1.165) is 12.1 Å². The molecule has 0 spiro atoms. The molecule has 4 nitrogen and oxygen atoms in total. The Morgan fingerprint density at radius 1 is 1.29 bits per heavy atom. The molecule has 0 aliphatic heterocycles. The van der Waals surface area contributed by atoms with E-state index in [1.807, 2.05) is 0 Å². The second-order valence-electron chi connectivity index (χ2n) is 4.75. The van der Waals surface area contributed by atoms with Crippen molar-refractivity contribution in [3.63, 3.8) is 0 Å². The molecule has 0 bridgehead atoms. The fourth-order valence-corrected chi connectivity index (χ4v) is 2.81. The van der Waals surface area contributed by atoms with E-state index >= 15 is 0 Å². The highest BCUT2D eigenvalue weighted by atomic mass is 32.1. The van der Waals surface area contributed by atoms with Crippen molar-refractivity contribution >= 4 is 11.5 Å². The van der Waals surface area contributed by atoms with Gasteiger partial charge in [0.2, 0.25) is 0 Å². The Hall–Kier alpha value is -0.520. The number of rotatable bonds is 8. The highest BCUT2D eigenvalue weighted by Crippen LogP contribution is 2.28. The van der Waals surface area contributed by atoms with E-state index in [1.54, 1.807) is 0 Å². The Labute approximate surface area is 108 Å². The minimum atomic E-state index is 0.212. The van der Waals surface area contributed by atoms with Gasteiger partial charge in [-0.25, -0.2) is 0 Å². The van der Waals surface area contributed by atoms with Crippen LogP contribution < -0.4 is 11.3 Å². The summed E-state index contributed by atoms with van der Waals surface area (Å²) in [6, 6.07) is 0.212. The molecule has 1 unspecified atom stereocenters. The van der Waals surface area contributed by atoms with Gasteiger partial charge in [0.05, 0.1) is 16.6 Å². The van der Waals surface area contributed by atoms with Gasteiger partial charge in [-0.05, 0) is 23.9 Å². The Morgan fingerprint density at radius 3 is 2.65 bits per heavy atom. The lowest BCUT2D eigenvalue weighted by atomic mass is 10.0. The number of hydrogen-bond acceptors (Lipinski definition) is 5. The SMILES string of the molecule is CCCCCCC(NN)c1snnc1C(C)C. The van der Waals surface area contributed by atoms with Gasteiger partial charge >= 0.3 is 0 Å². The summed E-state index contributed by atoms with van der Waals surface area (Å²) >= 11 is 1.47. The zero-order chi connectivity index (χ0) is 12.7. The van der Waals surface area contributed by atoms with Crippen LogP contribution in [0.15, 0.2) is 0 Å². The van der Waals surface area contributed by atoms with Gasteiger partial charge in [0.25, 0.3) is 0 Å². The summed E-state index contributed by atoms with van der Waals surface area (Å²) in [4.78, 5) is 1.21. The first-order chi connectivity index (χ1) is 8.20. The van der Waals surface area contributed by atoms with Gasteiger partial charge < -0.3 is 0 Å². The molecule has 0 radical (unpaired) electrons. The van der Waals surface area contributed by atoms with Crippen LogP contribution in [0, 0.1) is 0 Å². The highest BCUT2D eigenvalue weighted by molar-refractivity contribution is 7.05. The number of nitrogens with one attached hydrogen (secondary N) is 1. The van der Waals surface area contributed by atoms with Gasteiger partial charge in [0.1, 0.15) is 0 Å². The van der Waals surface area contributed by atoms with E-state index < -0.39 is 0 Å². The van der Waals surface area contributed by atoms with E-state index in [2.05, 4.69) is 35.8 Å². The predicted molar refractivity (Wildman–Crippen MR) is 72.8 cm³/mol. The van der Waals surface area contributed by atoms with Crippen molar-refractivity contribution < 1.29 is 0 Å². The van der Waals surface area contributed by atoms with Gasteiger partial charge in [-0.1, -0.05) is 50.9 Å². The molecule has 0 fully saturated rings. The van der Waals surface area contributed by atoms with Crippen LogP contribution in [0.5, 0.6) is 0 Å². The average molecular weight is 256 g/mol. The molecule has 1 aromatic heterocycles. The maximum atomic E-state index is 5.65. The van der Waals surface area contributed by atoms with Crippen molar-refractivity contribution in [3.05, 3.63) is 10.6 Å². The third-order valence-corrected chi connectivity index (χ3v) is 3.80. The standard InChI is InChI=1S/C12H24N4S/c1-4-5-6-7-8-10(14-13)12-11(9(2)3)15-16-17-12/h9-10,14H,4-8,13H2,1-3H3. The molecular weight excluding hydrogens is 232 g/mol. The quantitative estimate of drug-likeness (QED) is 0.426. The molecule has 0 aromatic carbocycles. The Balaban J connectivity index is 2.56. The molecule has 0 amide bonds. The van der Waals surface area contributed by atoms with Gasteiger partial charge in [-0.2, -0.15) is 0 Å². The summed E-state index contributed by atoms with van der Waals surface area (Å²) < 4.78 is 4.05. The highest BCUT2D eigenvalue weighted by Gasteiger charge is 2.19. The number of unbranched alkanes of at least 4 members (excludes halogenated alkanes) is 3. The average Bonchev–Trinajstić information content (AvgIpc) is 2.78. The van der Waals surface area contributed by atoms with E-state index in [9.17, 15) is 0 Å².